The molecule has 3 rings (SSSR count). The van der Waals surface area contributed by atoms with Crippen LogP contribution in [0.4, 0.5) is 5.69 Å². The lowest BCUT2D eigenvalue weighted by Gasteiger charge is -2.37. The zero-order valence-corrected chi connectivity index (χ0v) is 11.4. The van der Waals surface area contributed by atoms with Gasteiger partial charge in [0.1, 0.15) is 0 Å². The van der Waals surface area contributed by atoms with Gasteiger partial charge in [-0.15, -0.1) is 0 Å². The van der Waals surface area contributed by atoms with Gasteiger partial charge in [-0.1, -0.05) is 25.1 Å². The van der Waals surface area contributed by atoms with Gasteiger partial charge in [0.05, 0.1) is 5.92 Å². The minimum absolute atomic E-state index is 0.264. The first-order valence-electron chi connectivity index (χ1n) is 7.25. The molecule has 2 atom stereocenters. The topological polar surface area (TPSA) is 40.5 Å². The highest BCUT2D eigenvalue weighted by molar-refractivity contribution is 5.70. The number of carboxylic acids is 1. The van der Waals surface area contributed by atoms with Crippen molar-refractivity contribution in [3.63, 3.8) is 0 Å². The summed E-state index contributed by atoms with van der Waals surface area (Å²) < 4.78 is 0. The summed E-state index contributed by atoms with van der Waals surface area (Å²) in [6.45, 7) is 2.82. The summed E-state index contributed by atoms with van der Waals surface area (Å²) in [6, 6.07) is 9.22. The zero-order valence-electron chi connectivity index (χ0n) is 11.4. The van der Waals surface area contributed by atoms with Crippen LogP contribution < -0.4 is 4.90 Å². The van der Waals surface area contributed by atoms with Crippen LogP contribution in [0.1, 0.15) is 44.1 Å². The molecule has 1 aliphatic heterocycles. The van der Waals surface area contributed by atoms with E-state index >= 15 is 0 Å². The van der Waals surface area contributed by atoms with Crippen LogP contribution in [0.2, 0.25) is 0 Å². The van der Waals surface area contributed by atoms with Crippen molar-refractivity contribution >= 4 is 11.7 Å². The Hall–Kier alpha value is -1.51. The lowest BCUT2D eigenvalue weighted by Crippen LogP contribution is -2.39. The van der Waals surface area contributed by atoms with Gasteiger partial charge in [0, 0.05) is 24.2 Å². The predicted octanol–water partition coefficient (Wildman–Crippen LogP) is 3.25. The Morgan fingerprint density at radius 3 is 2.79 bits per heavy atom. The third-order valence-corrected chi connectivity index (χ3v) is 4.68. The first-order valence-corrected chi connectivity index (χ1v) is 7.25. The molecule has 2 aliphatic rings. The van der Waals surface area contributed by atoms with Crippen LogP contribution in [-0.2, 0) is 4.79 Å². The Labute approximate surface area is 114 Å². The van der Waals surface area contributed by atoms with Crippen molar-refractivity contribution in [1.29, 1.82) is 0 Å². The minimum atomic E-state index is -0.681. The molecule has 1 aliphatic carbocycles. The molecular formula is C16H21NO2. The summed E-state index contributed by atoms with van der Waals surface area (Å²) in [4.78, 5) is 13.6. The Kier molecular flexibility index (Phi) is 3.21. The number of benzene rings is 1. The number of anilines is 1. The predicted molar refractivity (Wildman–Crippen MR) is 75.6 cm³/mol. The number of hydrogen-bond donors (Lipinski definition) is 1. The molecule has 0 spiro atoms. The Bertz CT molecular complexity index is 481. The number of hydrogen-bond acceptors (Lipinski definition) is 2. The quantitative estimate of drug-likeness (QED) is 0.902. The van der Waals surface area contributed by atoms with Crippen molar-refractivity contribution < 1.29 is 9.90 Å². The van der Waals surface area contributed by atoms with Gasteiger partial charge in [-0.25, -0.2) is 0 Å². The number of fused-ring (bicyclic) bond motifs is 1. The molecule has 3 heteroatoms. The van der Waals surface area contributed by atoms with E-state index in [1.165, 1.54) is 30.5 Å². The number of nitrogens with zero attached hydrogens (tertiary/aromatic N) is 1. The maximum Gasteiger partial charge on any atom is 0.306 e. The van der Waals surface area contributed by atoms with E-state index in [1.54, 1.807) is 0 Å². The van der Waals surface area contributed by atoms with E-state index in [9.17, 15) is 4.79 Å². The van der Waals surface area contributed by atoms with Crippen molar-refractivity contribution in [3.8, 4) is 0 Å². The van der Waals surface area contributed by atoms with Gasteiger partial charge in [-0.2, -0.15) is 0 Å². The molecule has 0 aromatic heterocycles. The molecule has 3 nitrogen and oxygen atoms in total. The summed E-state index contributed by atoms with van der Waals surface area (Å²) in [7, 11) is 0. The van der Waals surface area contributed by atoms with Crippen LogP contribution >= 0.6 is 0 Å². The molecule has 0 radical (unpaired) electrons. The monoisotopic (exact) mass is 259 g/mol. The number of rotatable bonds is 4. The van der Waals surface area contributed by atoms with E-state index in [1.807, 2.05) is 6.92 Å². The van der Waals surface area contributed by atoms with Crippen LogP contribution in [0, 0.1) is 5.92 Å². The Morgan fingerprint density at radius 2 is 2.16 bits per heavy atom. The average Bonchev–Trinajstić information content (AvgIpc) is 2.67. The third kappa shape index (κ3) is 2.22. The molecule has 1 N–H and O–H groups in total. The molecule has 1 heterocycles. The molecule has 0 saturated heterocycles. The second-order valence-electron chi connectivity index (χ2n) is 5.97. The number of para-hydroxylation sites is 1. The summed E-state index contributed by atoms with van der Waals surface area (Å²) in [5.41, 5.74) is 2.69. The van der Waals surface area contributed by atoms with Gasteiger partial charge >= 0.3 is 5.97 Å². The summed E-state index contributed by atoms with van der Waals surface area (Å²) in [5, 5.41) is 9.11. The van der Waals surface area contributed by atoms with Gasteiger partial charge in [-0.3, -0.25) is 4.79 Å². The molecule has 1 saturated carbocycles. The molecule has 0 amide bonds. The SMILES string of the molecule is CC(CC1CN(C2CCC2)c2ccccc21)C(=O)O. The Morgan fingerprint density at radius 1 is 1.42 bits per heavy atom. The van der Waals surface area contributed by atoms with E-state index in [-0.39, 0.29) is 5.92 Å². The first-order chi connectivity index (χ1) is 9.16. The van der Waals surface area contributed by atoms with Crippen molar-refractivity contribution in [2.24, 2.45) is 5.92 Å². The third-order valence-electron chi connectivity index (χ3n) is 4.68. The fraction of sp³-hybridized carbons (Fsp3) is 0.562. The summed E-state index contributed by atoms with van der Waals surface area (Å²) in [6.07, 6.45) is 4.65. The fourth-order valence-electron chi connectivity index (χ4n) is 3.30. The minimum Gasteiger partial charge on any atom is -0.481 e. The highest BCUT2D eigenvalue weighted by atomic mass is 16.4. The van der Waals surface area contributed by atoms with E-state index in [4.69, 9.17) is 5.11 Å². The molecule has 1 fully saturated rings. The maximum atomic E-state index is 11.1. The van der Waals surface area contributed by atoms with E-state index in [0.717, 1.165) is 13.0 Å². The second kappa shape index (κ2) is 4.87. The highest BCUT2D eigenvalue weighted by Crippen LogP contribution is 2.43. The molecule has 1 aromatic carbocycles. The van der Waals surface area contributed by atoms with Gasteiger partial charge in [0.25, 0.3) is 0 Å². The van der Waals surface area contributed by atoms with Crippen LogP contribution in [0.25, 0.3) is 0 Å². The van der Waals surface area contributed by atoms with Gasteiger partial charge < -0.3 is 10.0 Å². The van der Waals surface area contributed by atoms with Crippen LogP contribution in [0.3, 0.4) is 0 Å². The normalized spacial score (nSPS) is 23.8. The fourth-order valence-corrected chi connectivity index (χ4v) is 3.30. The summed E-state index contributed by atoms with van der Waals surface area (Å²) in [5.74, 6) is -0.568. The van der Waals surface area contributed by atoms with Crippen molar-refractivity contribution in [2.45, 2.75) is 44.6 Å². The number of carbonyl (C=O) groups is 1. The maximum absolute atomic E-state index is 11.1. The van der Waals surface area contributed by atoms with Crippen LogP contribution in [0.15, 0.2) is 24.3 Å². The van der Waals surface area contributed by atoms with Crippen LogP contribution in [-0.4, -0.2) is 23.7 Å². The molecular weight excluding hydrogens is 238 g/mol. The second-order valence-corrected chi connectivity index (χ2v) is 5.97. The highest BCUT2D eigenvalue weighted by Gasteiger charge is 2.36. The largest absolute Gasteiger partial charge is 0.481 e. The number of aliphatic carboxylic acids is 1. The van der Waals surface area contributed by atoms with Gasteiger partial charge in [0.2, 0.25) is 0 Å². The number of carboxylic acid groups (broad SMARTS) is 1. The van der Waals surface area contributed by atoms with E-state index in [2.05, 4.69) is 29.2 Å². The van der Waals surface area contributed by atoms with Crippen molar-refractivity contribution in [3.05, 3.63) is 29.8 Å². The first kappa shape index (κ1) is 12.5. The lowest BCUT2D eigenvalue weighted by molar-refractivity contribution is -0.141. The molecule has 2 unspecified atom stereocenters. The molecule has 19 heavy (non-hydrogen) atoms. The van der Waals surface area contributed by atoms with E-state index in [0.29, 0.717) is 12.0 Å². The van der Waals surface area contributed by atoms with Crippen molar-refractivity contribution in [2.75, 3.05) is 11.4 Å². The van der Waals surface area contributed by atoms with Gasteiger partial charge in [0.15, 0.2) is 0 Å². The van der Waals surface area contributed by atoms with E-state index < -0.39 is 5.97 Å². The molecule has 1 aromatic rings. The van der Waals surface area contributed by atoms with Gasteiger partial charge in [-0.05, 0) is 37.3 Å². The van der Waals surface area contributed by atoms with Crippen molar-refractivity contribution in [1.82, 2.24) is 0 Å². The smallest absolute Gasteiger partial charge is 0.306 e. The molecule has 0 bridgehead atoms. The lowest BCUT2D eigenvalue weighted by atomic mass is 9.90. The average molecular weight is 259 g/mol. The Balaban J connectivity index is 1.81. The summed E-state index contributed by atoms with van der Waals surface area (Å²) >= 11 is 0. The zero-order chi connectivity index (χ0) is 13.4. The standard InChI is InChI=1S/C16H21NO2/c1-11(16(18)19)9-12-10-17(13-5-4-6-13)15-8-3-2-7-14(12)15/h2-3,7-8,11-13H,4-6,9-10H2,1H3,(H,18,19). The molecule has 102 valence electrons. The van der Waals surface area contributed by atoms with Crippen LogP contribution in [0.5, 0.6) is 0 Å².